The van der Waals surface area contributed by atoms with E-state index in [1.54, 1.807) is 0 Å². The number of carbonyl (C=O) groups is 3. The molecule has 0 bridgehead atoms. The zero-order valence-corrected chi connectivity index (χ0v) is 24.7. The molecule has 0 saturated heterocycles. The number of ether oxygens (including phenoxy) is 1. The Hall–Kier alpha value is -2.71. The van der Waals surface area contributed by atoms with Crippen molar-refractivity contribution in [3.8, 4) is 5.75 Å². The summed E-state index contributed by atoms with van der Waals surface area (Å²) in [6.45, 7) is 4.60. The van der Waals surface area contributed by atoms with E-state index < -0.39 is 5.92 Å². The van der Waals surface area contributed by atoms with Crippen LogP contribution in [0.1, 0.15) is 62.5 Å². The van der Waals surface area contributed by atoms with E-state index in [-0.39, 0.29) is 24.1 Å². The molecule has 2 aliphatic carbocycles. The van der Waals surface area contributed by atoms with Crippen LogP contribution in [0, 0.1) is 6.92 Å². The van der Waals surface area contributed by atoms with Crippen molar-refractivity contribution in [3.05, 3.63) is 79.0 Å². The number of Topliss-reactive ketones (excluding diaryl/α,β-unsaturated/α-hetero) is 2. The second-order valence-electron chi connectivity index (χ2n) is 9.92. The monoisotopic (exact) mass is 640 g/mol. The number of aryl methyl sites for hydroxylation is 1. The van der Waals surface area contributed by atoms with Crippen molar-refractivity contribution < 1.29 is 19.1 Å². The van der Waals surface area contributed by atoms with Gasteiger partial charge in [-0.15, -0.1) is 0 Å². The molecule has 0 saturated carbocycles. The van der Waals surface area contributed by atoms with Crippen molar-refractivity contribution in [2.75, 3.05) is 18.5 Å². The standard InChI is InChI=1S/C30H30Br2N2O4/c1-3-34-22-10-6-12-24(35)28(22)27(29-23(34)11-7-13-25(29)36)18-14-19(31)30(20(32)15-18)38-16-26(37)33-21-9-5-4-8-17(21)2/h4-5,8-9,14-15,27H,3,6-7,10-13,16H2,1-2H3,(H,33,37). The summed E-state index contributed by atoms with van der Waals surface area (Å²) in [4.78, 5) is 41.5. The number of halogens is 2. The number of carbonyl (C=O) groups excluding carboxylic acids is 3. The molecule has 5 rings (SSSR count). The number of rotatable bonds is 6. The second kappa shape index (κ2) is 11.2. The Kier molecular flexibility index (Phi) is 7.91. The van der Waals surface area contributed by atoms with Crippen LogP contribution in [0.3, 0.4) is 0 Å². The summed E-state index contributed by atoms with van der Waals surface area (Å²) < 4.78 is 7.21. The zero-order valence-electron chi connectivity index (χ0n) is 21.5. The summed E-state index contributed by atoms with van der Waals surface area (Å²) in [5, 5.41) is 2.88. The lowest BCUT2D eigenvalue weighted by molar-refractivity contribution is -0.118. The molecule has 1 heterocycles. The number of para-hydroxylation sites is 1. The number of allylic oxidation sites excluding steroid dienone is 4. The molecule has 0 fully saturated rings. The third kappa shape index (κ3) is 5.00. The van der Waals surface area contributed by atoms with Gasteiger partial charge in [-0.05, 0) is 101 Å². The SMILES string of the molecule is CCN1C2=C(C(=O)CCC2)C(c2cc(Br)c(OCC(=O)Nc3ccccc3C)c(Br)c2)C2=C1CCCC2=O. The fraction of sp³-hybridized carbons (Fsp3) is 0.367. The van der Waals surface area contributed by atoms with Gasteiger partial charge in [-0.2, -0.15) is 0 Å². The molecule has 3 aliphatic rings. The van der Waals surface area contributed by atoms with Gasteiger partial charge in [0.15, 0.2) is 18.2 Å². The van der Waals surface area contributed by atoms with Gasteiger partial charge in [0.2, 0.25) is 0 Å². The lowest BCUT2D eigenvalue weighted by Crippen LogP contribution is -2.39. The molecule has 1 aliphatic heterocycles. The lowest BCUT2D eigenvalue weighted by atomic mass is 9.71. The minimum absolute atomic E-state index is 0.125. The smallest absolute Gasteiger partial charge is 0.262 e. The molecule has 8 heteroatoms. The molecule has 2 aromatic rings. The summed E-state index contributed by atoms with van der Waals surface area (Å²) in [7, 11) is 0. The van der Waals surface area contributed by atoms with Gasteiger partial charge < -0.3 is 15.0 Å². The lowest BCUT2D eigenvalue weighted by Gasteiger charge is -2.43. The molecule has 0 unspecified atom stereocenters. The summed E-state index contributed by atoms with van der Waals surface area (Å²) in [5.74, 6) is 0.0851. The first-order valence-corrected chi connectivity index (χ1v) is 14.7. The van der Waals surface area contributed by atoms with Crippen LogP contribution in [-0.2, 0) is 14.4 Å². The normalized spacial score (nSPS) is 17.9. The Balaban J connectivity index is 1.47. The van der Waals surface area contributed by atoms with E-state index in [9.17, 15) is 14.4 Å². The number of hydrogen-bond donors (Lipinski definition) is 1. The van der Waals surface area contributed by atoms with Gasteiger partial charge in [0.1, 0.15) is 5.75 Å². The zero-order chi connectivity index (χ0) is 27.0. The first-order valence-electron chi connectivity index (χ1n) is 13.1. The van der Waals surface area contributed by atoms with Crippen LogP contribution in [-0.4, -0.2) is 35.5 Å². The first-order chi connectivity index (χ1) is 18.3. The van der Waals surface area contributed by atoms with Gasteiger partial charge in [0.05, 0.1) is 8.95 Å². The largest absolute Gasteiger partial charge is 0.481 e. The summed E-state index contributed by atoms with van der Waals surface area (Å²) in [5.41, 5.74) is 6.25. The highest BCUT2D eigenvalue weighted by Crippen LogP contribution is 2.50. The van der Waals surface area contributed by atoms with E-state index in [2.05, 4.69) is 49.0 Å². The molecule has 38 heavy (non-hydrogen) atoms. The molecule has 0 radical (unpaired) electrons. The van der Waals surface area contributed by atoms with E-state index in [4.69, 9.17) is 4.74 Å². The number of anilines is 1. The maximum atomic E-state index is 13.3. The number of nitrogens with zero attached hydrogens (tertiary/aromatic N) is 1. The topological polar surface area (TPSA) is 75.7 Å². The van der Waals surface area contributed by atoms with Crippen LogP contribution in [0.25, 0.3) is 0 Å². The molecule has 0 spiro atoms. The molecule has 0 aromatic heterocycles. The van der Waals surface area contributed by atoms with Gasteiger partial charge in [0, 0.05) is 53.5 Å². The fourth-order valence-corrected chi connectivity index (χ4v) is 7.30. The highest BCUT2D eigenvalue weighted by molar-refractivity contribution is 9.11. The Bertz CT molecular complexity index is 1330. The van der Waals surface area contributed by atoms with Crippen LogP contribution in [0.4, 0.5) is 5.69 Å². The summed E-state index contributed by atoms with van der Waals surface area (Å²) in [6, 6.07) is 11.4. The Labute approximate surface area is 239 Å². The highest BCUT2D eigenvalue weighted by atomic mass is 79.9. The maximum Gasteiger partial charge on any atom is 0.262 e. The average molecular weight is 642 g/mol. The minimum atomic E-state index is -0.394. The van der Waals surface area contributed by atoms with Gasteiger partial charge in [-0.3, -0.25) is 14.4 Å². The third-order valence-corrected chi connectivity index (χ3v) is 8.70. The number of hydrogen-bond acceptors (Lipinski definition) is 5. The fourth-order valence-electron chi connectivity index (χ4n) is 5.85. The predicted octanol–water partition coefficient (Wildman–Crippen LogP) is 6.97. The average Bonchev–Trinajstić information content (AvgIpc) is 2.88. The van der Waals surface area contributed by atoms with Crippen LogP contribution < -0.4 is 10.1 Å². The number of amides is 1. The van der Waals surface area contributed by atoms with E-state index in [0.29, 0.717) is 27.5 Å². The quantitative estimate of drug-likeness (QED) is 0.369. The van der Waals surface area contributed by atoms with E-state index in [0.717, 1.165) is 71.6 Å². The van der Waals surface area contributed by atoms with Crippen LogP contribution in [0.15, 0.2) is 67.9 Å². The highest BCUT2D eigenvalue weighted by Gasteiger charge is 2.43. The summed E-state index contributed by atoms with van der Waals surface area (Å²) in [6.07, 6.45) is 4.36. The molecule has 2 aromatic carbocycles. The molecule has 0 atom stereocenters. The van der Waals surface area contributed by atoms with Crippen molar-refractivity contribution in [3.63, 3.8) is 0 Å². The van der Waals surface area contributed by atoms with Crippen molar-refractivity contribution in [2.45, 2.75) is 58.3 Å². The van der Waals surface area contributed by atoms with E-state index in [1.807, 2.05) is 43.3 Å². The van der Waals surface area contributed by atoms with E-state index in [1.165, 1.54) is 0 Å². The predicted molar refractivity (Wildman–Crippen MR) is 154 cm³/mol. The summed E-state index contributed by atoms with van der Waals surface area (Å²) >= 11 is 7.25. The van der Waals surface area contributed by atoms with Gasteiger partial charge in [-0.1, -0.05) is 18.2 Å². The molecule has 1 amide bonds. The van der Waals surface area contributed by atoms with Crippen molar-refractivity contribution in [2.24, 2.45) is 0 Å². The van der Waals surface area contributed by atoms with Gasteiger partial charge in [0.25, 0.3) is 5.91 Å². The molecule has 198 valence electrons. The second-order valence-corrected chi connectivity index (χ2v) is 11.6. The first kappa shape index (κ1) is 26.9. The minimum Gasteiger partial charge on any atom is -0.481 e. The Morgan fingerprint density at radius 3 is 2.11 bits per heavy atom. The third-order valence-electron chi connectivity index (χ3n) is 7.52. The van der Waals surface area contributed by atoms with Gasteiger partial charge in [-0.25, -0.2) is 0 Å². The number of nitrogens with one attached hydrogen (secondary N) is 1. The van der Waals surface area contributed by atoms with Crippen LogP contribution in [0.5, 0.6) is 5.75 Å². The molecular weight excluding hydrogens is 612 g/mol. The number of ketones is 2. The Morgan fingerprint density at radius 1 is 0.974 bits per heavy atom. The van der Waals surface area contributed by atoms with Crippen molar-refractivity contribution >= 4 is 55.0 Å². The van der Waals surface area contributed by atoms with Crippen LogP contribution >= 0.6 is 31.9 Å². The molecule has 1 N–H and O–H groups in total. The Morgan fingerprint density at radius 2 is 1.55 bits per heavy atom. The van der Waals surface area contributed by atoms with Crippen LogP contribution in [0.2, 0.25) is 0 Å². The van der Waals surface area contributed by atoms with Crippen molar-refractivity contribution in [1.82, 2.24) is 4.90 Å². The maximum absolute atomic E-state index is 13.3. The van der Waals surface area contributed by atoms with Crippen molar-refractivity contribution in [1.29, 1.82) is 0 Å². The molecular formula is C30H30Br2N2O4. The number of benzene rings is 2. The van der Waals surface area contributed by atoms with Gasteiger partial charge >= 0.3 is 0 Å². The molecule has 6 nitrogen and oxygen atoms in total. The van der Waals surface area contributed by atoms with E-state index >= 15 is 0 Å².